The van der Waals surface area contributed by atoms with Crippen molar-refractivity contribution in [2.75, 3.05) is 13.2 Å². The van der Waals surface area contributed by atoms with E-state index in [-0.39, 0.29) is 5.97 Å². The molecule has 1 fully saturated rings. The number of hydrogen-bond donors (Lipinski definition) is 0. The van der Waals surface area contributed by atoms with Crippen molar-refractivity contribution in [1.29, 1.82) is 0 Å². The smallest absolute Gasteiger partial charge is 0.305 e. The van der Waals surface area contributed by atoms with E-state index in [1.807, 2.05) is 13.1 Å². The second-order valence-electron chi connectivity index (χ2n) is 9.68. The summed E-state index contributed by atoms with van der Waals surface area (Å²) >= 11 is 0. The number of allylic oxidation sites excluding steroid dienone is 5. The fraction of sp³-hybridized carbons (Fsp3) is 0.630. The molecular weight excluding hydrogens is 384 g/mol. The van der Waals surface area contributed by atoms with Crippen molar-refractivity contribution in [3.63, 3.8) is 0 Å². The Bertz CT molecular complexity index is 862. The zero-order valence-corrected chi connectivity index (χ0v) is 18.9. The van der Waals surface area contributed by atoms with Crippen LogP contribution >= 0.6 is 0 Å². The van der Waals surface area contributed by atoms with Gasteiger partial charge in [0.2, 0.25) is 0 Å². The van der Waals surface area contributed by atoms with Gasteiger partial charge in [-0.3, -0.25) is 9.79 Å². The van der Waals surface area contributed by atoms with Crippen LogP contribution in [-0.2, 0) is 9.53 Å². The number of aliphatic imine (C=N–C) groups is 1. The second-order valence-corrected chi connectivity index (χ2v) is 9.68. The van der Waals surface area contributed by atoms with E-state index in [9.17, 15) is 4.79 Å². The summed E-state index contributed by atoms with van der Waals surface area (Å²) in [6.07, 6.45) is 22.9. The number of carbonyl (C=O) groups excluding carboxylic acids is 1. The SMILES string of the molecule is CCOC(=O)CCCCCC1CC[C@H]2C3=C1CC=C1C=CCCC1N3C1=CC=NC[C@@H]12. The standard InChI is InChI=1S/C27H36N2O2/c1-2-31-26(30)11-5-3-4-8-19-12-15-22-23-18-28-17-16-25(23)29-24-10-7-6-9-20(24)13-14-21(19)27(22)29/h6,9,13,16-17,19,22-24H,2-5,7-8,10-12,14-15,18H2,1H3/t19?,22-,23-,24?/m1/s1. The Hall–Kier alpha value is -2.10. The Balaban J connectivity index is 1.34. The highest BCUT2D eigenvalue weighted by Gasteiger charge is 2.49. The van der Waals surface area contributed by atoms with Gasteiger partial charge in [0.05, 0.1) is 12.6 Å². The average Bonchev–Trinajstić information content (AvgIpc) is 3.02. The van der Waals surface area contributed by atoms with Crippen LogP contribution in [0.4, 0.5) is 0 Å². The van der Waals surface area contributed by atoms with Crippen LogP contribution in [0.3, 0.4) is 0 Å². The van der Waals surface area contributed by atoms with Gasteiger partial charge in [-0.05, 0) is 75.0 Å². The number of fused-ring (bicyclic) bond motifs is 5. The van der Waals surface area contributed by atoms with Crippen LogP contribution in [0.5, 0.6) is 0 Å². The average molecular weight is 421 g/mol. The largest absolute Gasteiger partial charge is 0.466 e. The molecule has 0 saturated carbocycles. The van der Waals surface area contributed by atoms with Gasteiger partial charge in [-0.1, -0.05) is 31.1 Å². The minimum atomic E-state index is -0.0429. The summed E-state index contributed by atoms with van der Waals surface area (Å²) in [6, 6.07) is 0.520. The van der Waals surface area contributed by atoms with Crippen molar-refractivity contribution in [3.05, 3.63) is 46.8 Å². The van der Waals surface area contributed by atoms with Crippen LogP contribution in [0.25, 0.3) is 0 Å². The maximum absolute atomic E-state index is 11.6. The maximum atomic E-state index is 11.6. The number of ether oxygens (including phenoxy) is 1. The molecule has 0 bridgehead atoms. The molecule has 2 unspecified atom stereocenters. The molecule has 0 spiro atoms. The Morgan fingerprint density at radius 1 is 1.19 bits per heavy atom. The Kier molecular flexibility index (Phi) is 6.15. The minimum Gasteiger partial charge on any atom is -0.466 e. The topological polar surface area (TPSA) is 41.9 Å². The third kappa shape index (κ3) is 3.94. The van der Waals surface area contributed by atoms with Gasteiger partial charge in [-0.25, -0.2) is 0 Å². The lowest BCUT2D eigenvalue weighted by Crippen LogP contribution is -2.34. The lowest BCUT2D eigenvalue weighted by molar-refractivity contribution is -0.143. The molecule has 0 aromatic rings. The van der Waals surface area contributed by atoms with Crippen LogP contribution in [-0.4, -0.2) is 36.3 Å². The molecule has 3 heterocycles. The highest BCUT2D eigenvalue weighted by Crippen LogP contribution is 2.55. The number of nitrogens with zero attached hydrogens (tertiary/aromatic N) is 2. The summed E-state index contributed by atoms with van der Waals surface area (Å²) in [5.41, 5.74) is 6.45. The predicted molar refractivity (Wildman–Crippen MR) is 125 cm³/mol. The first-order valence-electron chi connectivity index (χ1n) is 12.5. The summed E-state index contributed by atoms with van der Waals surface area (Å²) in [5.74, 6) is 1.90. The van der Waals surface area contributed by atoms with Gasteiger partial charge in [-0.15, -0.1) is 0 Å². The van der Waals surface area contributed by atoms with Crippen molar-refractivity contribution in [2.45, 2.75) is 77.2 Å². The predicted octanol–water partition coefficient (Wildman–Crippen LogP) is 5.73. The highest BCUT2D eigenvalue weighted by molar-refractivity contribution is 5.74. The van der Waals surface area contributed by atoms with E-state index in [0.29, 0.717) is 36.8 Å². The quantitative estimate of drug-likeness (QED) is 0.390. The molecule has 166 valence electrons. The van der Waals surface area contributed by atoms with Crippen LogP contribution in [0.1, 0.15) is 71.1 Å². The van der Waals surface area contributed by atoms with Gasteiger partial charge in [0.25, 0.3) is 0 Å². The van der Waals surface area contributed by atoms with Gasteiger partial charge >= 0.3 is 5.97 Å². The molecule has 1 saturated heterocycles. The van der Waals surface area contributed by atoms with Gasteiger partial charge in [0.1, 0.15) is 0 Å². The first kappa shape index (κ1) is 20.8. The summed E-state index contributed by atoms with van der Waals surface area (Å²) in [4.78, 5) is 19.0. The van der Waals surface area contributed by atoms with Crippen molar-refractivity contribution >= 4 is 12.2 Å². The normalized spacial score (nSPS) is 30.8. The van der Waals surface area contributed by atoms with Crippen molar-refractivity contribution < 1.29 is 9.53 Å². The monoisotopic (exact) mass is 420 g/mol. The lowest BCUT2D eigenvalue weighted by Gasteiger charge is -2.37. The first-order chi connectivity index (χ1) is 15.3. The number of rotatable bonds is 7. The molecule has 2 aliphatic carbocycles. The molecule has 3 aliphatic heterocycles. The zero-order valence-electron chi connectivity index (χ0n) is 18.9. The van der Waals surface area contributed by atoms with Crippen LogP contribution < -0.4 is 0 Å². The minimum absolute atomic E-state index is 0.0429. The van der Waals surface area contributed by atoms with E-state index < -0.39 is 0 Å². The lowest BCUT2D eigenvalue weighted by atomic mass is 9.73. The number of esters is 1. The third-order valence-electron chi connectivity index (χ3n) is 7.97. The molecule has 5 rings (SSSR count). The molecule has 0 radical (unpaired) electrons. The van der Waals surface area contributed by atoms with Gasteiger partial charge in [0.15, 0.2) is 0 Å². The molecule has 31 heavy (non-hydrogen) atoms. The molecule has 0 aromatic heterocycles. The van der Waals surface area contributed by atoms with E-state index in [4.69, 9.17) is 4.74 Å². The third-order valence-corrected chi connectivity index (χ3v) is 7.97. The van der Waals surface area contributed by atoms with E-state index in [1.54, 1.807) is 11.3 Å². The highest BCUT2D eigenvalue weighted by atomic mass is 16.5. The second kappa shape index (κ2) is 9.18. The Labute approximate surface area is 186 Å². The van der Waals surface area contributed by atoms with Gasteiger partial charge in [0, 0.05) is 42.4 Å². The Morgan fingerprint density at radius 3 is 3.03 bits per heavy atom. The van der Waals surface area contributed by atoms with Crippen LogP contribution in [0, 0.1) is 17.8 Å². The Morgan fingerprint density at radius 2 is 2.13 bits per heavy atom. The number of unbranched alkanes of at least 4 members (excludes halogenated alkanes) is 2. The van der Waals surface area contributed by atoms with E-state index in [2.05, 4.69) is 34.2 Å². The molecular formula is C27H36N2O2. The number of carbonyl (C=O) groups is 1. The van der Waals surface area contributed by atoms with Crippen LogP contribution in [0.15, 0.2) is 51.8 Å². The van der Waals surface area contributed by atoms with Gasteiger partial charge in [-0.2, -0.15) is 0 Å². The maximum Gasteiger partial charge on any atom is 0.305 e. The zero-order chi connectivity index (χ0) is 21.2. The first-order valence-corrected chi connectivity index (χ1v) is 12.5. The summed E-state index contributed by atoms with van der Waals surface area (Å²) in [5, 5.41) is 0. The molecule has 0 amide bonds. The van der Waals surface area contributed by atoms with Crippen LogP contribution in [0.2, 0.25) is 0 Å². The molecule has 4 nitrogen and oxygen atoms in total. The summed E-state index contributed by atoms with van der Waals surface area (Å²) in [7, 11) is 0. The fourth-order valence-electron chi connectivity index (χ4n) is 6.59. The van der Waals surface area contributed by atoms with Gasteiger partial charge < -0.3 is 9.64 Å². The van der Waals surface area contributed by atoms with E-state index in [0.717, 1.165) is 25.8 Å². The summed E-state index contributed by atoms with van der Waals surface area (Å²) < 4.78 is 5.07. The molecule has 4 heteroatoms. The fourth-order valence-corrected chi connectivity index (χ4v) is 6.59. The van der Waals surface area contributed by atoms with E-state index >= 15 is 0 Å². The van der Waals surface area contributed by atoms with Crippen molar-refractivity contribution in [1.82, 2.24) is 4.90 Å². The summed E-state index contributed by atoms with van der Waals surface area (Å²) in [6.45, 7) is 3.33. The number of dihydropyridines is 1. The van der Waals surface area contributed by atoms with Crippen molar-refractivity contribution in [2.24, 2.45) is 22.7 Å². The number of hydrogen-bond acceptors (Lipinski definition) is 4. The molecule has 0 N–H and O–H groups in total. The molecule has 0 aromatic carbocycles. The molecule has 5 aliphatic rings. The van der Waals surface area contributed by atoms with E-state index in [1.165, 1.54) is 49.8 Å². The molecule has 4 atom stereocenters. The van der Waals surface area contributed by atoms with Crippen molar-refractivity contribution in [3.8, 4) is 0 Å².